The average Bonchev–Trinajstić information content (AvgIpc) is 1.97. The molecule has 0 aromatic heterocycles. The van der Waals surface area contributed by atoms with E-state index in [0.717, 1.165) is 0 Å². The molecule has 1 rings (SSSR count). The van der Waals surface area contributed by atoms with Crippen LogP contribution in [0.1, 0.15) is 0 Å². The minimum absolute atomic E-state index is 0.326. The normalized spacial score (nSPS) is 9.80. The summed E-state index contributed by atoms with van der Waals surface area (Å²) in [6.45, 7) is 0. The van der Waals surface area contributed by atoms with Crippen LogP contribution in [0.5, 0.6) is 11.5 Å². The standard InChI is InChI=1S/C4H4N2O4/c5-9-3-1(7)2(8)4(3)10-6/h5-6H2. The molecule has 0 atom stereocenters. The topological polar surface area (TPSA) is 105 Å². The van der Waals surface area contributed by atoms with Crippen LogP contribution in [0.25, 0.3) is 0 Å². The minimum Gasteiger partial charge on any atom is -0.403 e. The van der Waals surface area contributed by atoms with Crippen LogP contribution in [0, 0.1) is 0 Å². The third-order valence-corrected chi connectivity index (χ3v) is 1.06. The molecule has 0 radical (unpaired) electrons. The first-order valence-electron chi connectivity index (χ1n) is 2.29. The Balaban J connectivity index is 3.16. The molecule has 6 nitrogen and oxygen atoms in total. The second-order valence-electron chi connectivity index (χ2n) is 1.55. The average molecular weight is 144 g/mol. The first-order valence-corrected chi connectivity index (χ1v) is 2.29. The molecule has 0 aliphatic carbocycles. The Labute approximate surface area is 54.5 Å². The van der Waals surface area contributed by atoms with E-state index >= 15 is 0 Å². The van der Waals surface area contributed by atoms with Crippen molar-refractivity contribution in [3.63, 3.8) is 0 Å². The number of hydrogen-bond donors (Lipinski definition) is 2. The van der Waals surface area contributed by atoms with Crippen LogP contribution >= 0.6 is 0 Å². The molecule has 0 fully saturated rings. The second-order valence-corrected chi connectivity index (χ2v) is 1.55. The molecule has 0 unspecified atom stereocenters. The molecular weight excluding hydrogens is 140 g/mol. The highest BCUT2D eigenvalue weighted by molar-refractivity contribution is 5.45. The van der Waals surface area contributed by atoms with Gasteiger partial charge in [0.05, 0.1) is 0 Å². The van der Waals surface area contributed by atoms with E-state index in [4.69, 9.17) is 0 Å². The summed E-state index contributed by atoms with van der Waals surface area (Å²) in [5.74, 6) is 8.52. The van der Waals surface area contributed by atoms with Crippen molar-refractivity contribution in [1.29, 1.82) is 0 Å². The van der Waals surface area contributed by atoms with Crippen LogP contribution < -0.4 is 32.3 Å². The summed E-state index contributed by atoms with van der Waals surface area (Å²) in [6, 6.07) is 0. The largest absolute Gasteiger partial charge is 0.403 e. The Morgan fingerprint density at radius 1 is 0.900 bits per heavy atom. The smallest absolute Gasteiger partial charge is 0.278 e. The van der Waals surface area contributed by atoms with Crippen molar-refractivity contribution in [2.75, 3.05) is 0 Å². The number of hydrogen-bond acceptors (Lipinski definition) is 6. The summed E-state index contributed by atoms with van der Waals surface area (Å²) in [7, 11) is 0. The van der Waals surface area contributed by atoms with Gasteiger partial charge in [0.15, 0.2) is 0 Å². The van der Waals surface area contributed by atoms with Crippen molar-refractivity contribution < 1.29 is 9.68 Å². The highest BCUT2D eigenvalue weighted by Crippen LogP contribution is 2.16. The third kappa shape index (κ3) is 0.598. The molecule has 0 spiro atoms. The molecule has 0 bridgehead atoms. The zero-order valence-electron chi connectivity index (χ0n) is 4.79. The summed E-state index contributed by atoms with van der Waals surface area (Å²) in [6.07, 6.45) is 0. The Bertz CT molecular complexity index is 279. The highest BCUT2D eigenvalue weighted by atomic mass is 16.7. The molecule has 1 aromatic rings. The van der Waals surface area contributed by atoms with Crippen molar-refractivity contribution in [3.8, 4) is 11.5 Å². The third-order valence-electron chi connectivity index (χ3n) is 1.06. The van der Waals surface area contributed by atoms with Crippen molar-refractivity contribution >= 4 is 0 Å². The fraction of sp³-hybridized carbons (Fsp3) is 0. The summed E-state index contributed by atoms with van der Waals surface area (Å²) in [4.78, 5) is 28.8. The van der Waals surface area contributed by atoms with E-state index in [1.807, 2.05) is 0 Å². The van der Waals surface area contributed by atoms with E-state index in [1.54, 1.807) is 0 Å². The summed E-state index contributed by atoms with van der Waals surface area (Å²) < 4.78 is 0. The maximum Gasteiger partial charge on any atom is 0.278 e. The number of rotatable bonds is 2. The van der Waals surface area contributed by atoms with Crippen molar-refractivity contribution in [1.82, 2.24) is 0 Å². The molecule has 10 heavy (non-hydrogen) atoms. The lowest BCUT2D eigenvalue weighted by molar-refractivity contribution is 0.267. The van der Waals surface area contributed by atoms with Gasteiger partial charge >= 0.3 is 0 Å². The zero-order chi connectivity index (χ0) is 7.72. The molecule has 0 aliphatic rings. The van der Waals surface area contributed by atoms with Gasteiger partial charge in [-0.3, -0.25) is 9.59 Å². The zero-order valence-corrected chi connectivity index (χ0v) is 4.79. The quantitative estimate of drug-likeness (QED) is 0.360. The minimum atomic E-state index is -0.817. The van der Waals surface area contributed by atoms with Gasteiger partial charge in [-0.05, 0) is 0 Å². The van der Waals surface area contributed by atoms with Gasteiger partial charge < -0.3 is 9.68 Å². The van der Waals surface area contributed by atoms with Crippen molar-refractivity contribution in [2.45, 2.75) is 0 Å². The molecule has 0 heterocycles. The molecular formula is C4H4N2O4. The lowest BCUT2D eigenvalue weighted by Gasteiger charge is -2.03. The maximum atomic E-state index is 10.4. The van der Waals surface area contributed by atoms with E-state index in [2.05, 4.69) is 21.5 Å². The Morgan fingerprint density at radius 3 is 1.40 bits per heavy atom. The fourth-order valence-electron chi connectivity index (χ4n) is 0.564. The van der Waals surface area contributed by atoms with Crippen LogP contribution in [0.4, 0.5) is 0 Å². The van der Waals surface area contributed by atoms with Gasteiger partial charge in [-0.15, -0.1) is 0 Å². The van der Waals surface area contributed by atoms with Crippen LogP contribution in [-0.2, 0) is 0 Å². The Kier molecular flexibility index (Phi) is 1.40. The van der Waals surface area contributed by atoms with E-state index in [0.29, 0.717) is 0 Å². The van der Waals surface area contributed by atoms with Crippen LogP contribution in [0.2, 0.25) is 0 Å². The maximum absolute atomic E-state index is 10.4. The monoisotopic (exact) mass is 144 g/mol. The molecule has 54 valence electrons. The van der Waals surface area contributed by atoms with Gasteiger partial charge in [-0.1, -0.05) is 0 Å². The second kappa shape index (κ2) is 2.09. The van der Waals surface area contributed by atoms with Crippen LogP contribution in [0.15, 0.2) is 9.59 Å². The van der Waals surface area contributed by atoms with Gasteiger partial charge in [-0.2, -0.15) is 11.8 Å². The summed E-state index contributed by atoms with van der Waals surface area (Å²) >= 11 is 0. The van der Waals surface area contributed by atoms with E-state index in [1.165, 1.54) is 0 Å². The lowest BCUT2D eigenvalue weighted by Crippen LogP contribution is -2.36. The SMILES string of the molecule is NOc1c(ON)c(=O)c1=O. The Morgan fingerprint density at radius 2 is 1.20 bits per heavy atom. The van der Waals surface area contributed by atoms with E-state index in [9.17, 15) is 9.59 Å². The van der Waals surface area contributed by atoms with Gasteiger partial charge in [0.2, 0.25) is 11.5 Å². The molecule has 6 heteroatoms. The summed E-state index contributed by atoms with van der Waals surface area (Å²) in [5.41, 5.74) is -1.63. The molecule has 0 saturated carbocycles. The molecule has 4 N–H and O–H groups in total. The van der Waals surface area contributed by atoms with Crippen LogP contribution in [0.3, 0.4) is 0 Å². The highest BCUT2D eigenvalue weighted by Gasteiger charge is 2.23. The van der Waals surface area contributed by atoms with Gasteiger partial charge in [-0.25, -0.2) is 0 Å². The molecule has 1 aromatic carbocycles. The summed E-state index contributed by atoms with van der Waals surface area (Å²) in [5, 5.41) is 0. The lowest BCUT2D eigenvalue weighted by atomic mass is 10.2. The van der Waals surface area contributed by atoms with E-state index in [-0.39, 0.29) is 11.5 Å². The Hall–Kier alpha value is -1.40. The molecule has 0 aliphatic heterocycles. The van der Waals surface area contributed by atoms with Gasteiger partial charge in [0.25, 0.3) is 10.9 Å². The van der Waals surface area contributed by atoms with E-state index < -0.39 is 10.9 Å². The number of nitrogens with two attached hydrogens (primary N) is 2. The first-order chi connectivity index (χ1) is 4.72. The van der Waals surface area contributed by atoms with Gasteiger partial charge in [0.1, 0.15) is 0 Å². The van der Waals surface area contributed by atoms with Crippen LogP contribution in [-0.4, -0.2) is 0 Å². The van der Waals surface area contributed by atoms with Gasteiger partial charge in [0, 0.05) is 0 Å². The van der Waals surface area contributed by atoms with Crippen molar-refractivity contribution in [2.24, 2.45) is 11.8 Å². The molecule has 0 saturated heterocycles. The predicted octanol–water partition coefficient (Wildman–Crippen LogP) is -2.21. The molecule has 0 amide bonds. The fourth-order valence-corrected chi connectivity index (χ4v) is 0.564. The van der Waals surface area contributed by atoms with Crippen molar-refractivity contribution in [3.05, 3.63) is 20.4 Å². The first kappa shape index (κ1) is 6.72. The predicted molar refractivity (Wildman–Crippen MR) is 31.0 cm³/mol.